The SMILES string of the molecule is CC(=O)N[C@H](CC(=O)OCc1cc(-c2ccccc2)on1)c1cccs1. The Morgan fingerprint density at radius 2 is 2.04 bits per heavy atom. The summed E-state index contributed by atoms with van der Waals surface area (Å²) >= 11 is 1.48. The van der Waals surface area contributed by atoms with Crippen LogP contribution in [0.4, 0.5) is 0 Å². The molecule has 26 heavy (non-hydrogen) atoms. The van der Waals surface area contributed by atoms with Crippen LogP contribution in [-0.4, -0.2) is 17.0 Å². The smallest absolute Gasteiger partial charge is 0.308 e. The van der Waals surface area contributed by atoms with Gasteiger partial charge < -0.3 is 14.6 Å². The molecule has 0 saturated heterocycles. The maximum Gasteiger partial charge on any atom is 0.308 e. The Morgan fingerprint density at radius 1 is 1.23 bits per heavy atom. The van der Waals surface area contributed by atoms with E-state index in [-0.39, 0.29) is 18.9 Å². The number of benzene rings is 1. The summed E-state index contributed by atoms with van der Waals surface area (Å²) in [5, 5.41) is 8.59. The van der Waals surface area contributed by atoms with E-state index in [1.165, 1.54) is 18.3 Å². The number of ether oxygens (including phenoxy) is 1. The maximum atomic E-state index is 12.2. The zero-order valence-corrected chi connectivity index (χ0v) is 15.0. The number of aromatic nitrogens is 1. The molecule has 1 aromatic carbocycles. The molecule has 0 bridgehead atoms. The van der Waals surface area contributed by atoms with Gasteiger partial charge in [0.1, 0.15) is 12.3 Å². The van der Waals surface area contributed by atoms with Gasteiger partial charge in [0.2, 0.25) is 5.91 Å². The van der Waals surface area contributed by atoms with E-state index in [2.05, 4.69) is 10.5 Å². The third-order valence-corrected chi connectivity index (χ3v) is 4.62. The van der Waals surface area contributed by atoms with Crippen molar-refractivity contribution < 1.29 is 18.8 Å². The summed E-state index contributed by atoms with van der Waals surface area (Å²) in [7, 11) is 0. The van der Waals surface area contributed by atoms with E-state index in [4.69, 9.17) is 9.26 Å². The van der Waals surface area contributed by atoms with Crippen LogP contribution < -0.4 is 5.32 Å². The average Bonchev–Trinajstić information content (AvgIpc) is 3.32. The van der Waals surface area contributed by atoms with Crippen molar-refractivity contribution in [2.45, 2.75) is 26.0 Å². The highest BCUT2D eigenvalue weighted by atomic mass is 32.1. The highest BCUT2D eigenvalue weighted by Gasteiger charge is 2.19. The fourth-order valence-corrected chi connectivity index (χ4v) is 3.23. The lowest BCUT2D eigenvalue weighted by molar-refractivity contribution is -0.145. The minimum absolute atomic E-state index is 0.0202. The van der Waals surface area contributed by atoms with E-state index in [1.54, 1.807) is 6.07 Å². The van der Waals surface area contributed by atoms with Crippen LogP contribution >= 0.6 is 11.3 Å². The topological polar surface area (TPSA) is 81.4 Å². The molecule has 0 aliphatic rings. The molecule has 3 aromatic rings. The predicted molar refractivity (Wildman–Crippen MR) is 97.2 cm³/mol. The quantitative estimate of drug-likeness (QED) is 0.641. The molecule has 0 fully saturated rings. The highest BCUT2D eigenvalue weighted by molar-refractivity contribution is 7.10. The lowest BCUT2D eigenvalue weighted by atomic mass is 10.1. The van der Waals surface area contributed by atoms with Gasteiger partial charge >= 0.3 is 5.97 Å². The van der Waals surface area contributed by atoms with Gasteiger partial charge in [-0.25, -0.2) is 0 Å². The number of nitrogens with zero attached hydrogens (tertiary/aromatic N) is 1. The standard InChI is InChI=1S/C19H18N2O4S/c1-13(22)20-16(18-8-5-9-26-18)11-19(23)24-12-15-10-17(25-21-15)14-6-3-2-4-7-14/h2-10,16H,11-12H2,1H3,(H,20,22)/t16-/m1/s1. The zero-order valence-electron chi connectivity index (χ0n) is 14.2. The number of thiophene rings is 1. The number of carbonyl (C=O) groups is 2. The minimum atomic E-state index is -0.415. The molecule has 0 radical (unpaired) electrons. The molecule has 1 amide bonds. The Labute approximate surface area is 154 Å². The van der Waals surface area contributed by atoms with Gasteiger partial charge in [0.05, 0.1) is 12.5 Å². The first-order chi connectivity index (χ1) is 12.6. The van der Waals surface area contributed by atoms with Crippen LogP contribution in [-0.2, 0) is 20.9 Å². The molecule has 2 heterocycles. The molecule has 0 aliphatic heterocycles. The summed E-state index contributed by atoms with van der Waals surface area (Å²) in [6, 6.07) is 14.7. The zero-order chi connectivity index (χ0) is 18.4. The maximum absolute atomic E-state index is 12.2. The predicted octanol–water partition coefficient (Wildman–Crippen LogP) is 3.71. The molecule has 1 N–H and O–H groups in total. The molecule has 3 rings (SSSR count). The molecule has 7 heteroatoms. The summed E-state index contributed by atoms with van der Waals surface area (Å²) < 4.78 is 10.6. The monoisotopic (exact) mass is 370 g/mol. The molecule has 0 saturated carbocycles. The summed E-state index contributed by atoms with van der Waals surface area (Å²) in [6.07, 6.45) is 0.0590. The molecule has 2 aromatic heterocycles. The molecule has 1 atom stereocenters. The fraction of sp³-hybridized carbons (Fsp3) is 0.211. The number of hydrogen-bond donors (Lipinski definition) is 1. The second-order valence-corrected chi connectivity index (χ2v) is 6.66. The van der Waals surface area contributed by atoms with Crippen LogP contribution in [0.1, 0.15) is 30.0 Å². The normalized spacial score (nSPS) is 11.7. The third kappa shape index (κ3) is 4.80. The van der Waals surface area contributed by atoms with Crippen LogP contribution in [0, 0.1) is 0 Å². The Morgan fingerprint density at radius 3 is 2.73 bits per heavy atom. The number of rotatable bonds is 7. The van der Waals surface area contributed by atoms with Crippen LogP contribution in [0.25, 0.3) is 11.3 Å². The van der Waals surface area contributed by atoms with Crippen LogP contribution in [0.2, 0.25) is 0 Å². The largest absolute Gasteiger partial charge is 0.459 e. The molecular formula is C19H18N2O4S. The molecule has 134 valence electrons. The molecule has 0 spiro atoms. The minimum Gasteiger partial charge on any atom is -0.459 e. The van der Waals surface area contributed by atoms with E-state index < -0.39 is 12.0 Å². The molecule has 0 aliphatic carbocycles. The lowest BCUT2D eigenvalue weighted by Crippen LogP contribution is -2.28. The van der Waals surface area contributed by atoms with Crippen LogP contribution in [0.5, 0.6) is 0 Å². The van der Waals surface area contributed by atoms with Crippen molar-refractivity contribution in [3.63, 3.8) is 0 Å². The van der Waals surface area contributed by atoms with Crippen molar-refractivity contribution in [3.8, 4) is 11.3 Å². The number of hydrogen-bond acceptors (Lipinski definition) is 6. The lowest BCUT2D eigenvalue weighted by Gasteiger charge is -2.15. The van der Waals surface area contributed by atoms with Crippen molar-refractivity contribution in [2.75, 3.05) is 0 Å². The number of carbonyl (C=O) groups excluding carboxylic acids is 2. The van der Waals surface area contributed by atoms with Gasteiger partial charge in [0.25, 0.3) is 0 Å². The van der Waals surface area contributed by atoms with Crippen LogP contribution in [0.3, 0.4) is 0 Å². The summed E-state index contributed by atoms with van der Waals surface area (Å²) in [6.45, 7) is 1.44. The number of esters is 1. The van der Waals surface area contributed by atoms with Gasteiger partial charge in [-0.05, 0) is 11.4 Å². The van der Waals surface area contributed by atoms with Gasteiger partial charge in [-0.1, -0.05) is 41.6 Å². The van der Waals surface area contributed by atoms with Gasteiger partial charge in [-0.3, -0.25) is 9.59 Å². The van der Waals surface area contributed by atoms with E-state index in [0.717, 1.165) is 10.4 Å². The summed E-state index contributed by atoms with van der Waals surface area (Å²) in [5.74, 6) is 0.00738. The molecule has 6 nitrogen and oxygen atoms in total. The van der Waals surface area contributed by atoms with Gasteiger partial charge in [-0.2, -0.15) is 0 Å². The number of nitrogens with one attached hydrogen (secondary N) is 1. The van der Waals surface area contributed by atoms with Crippen LogP contribution in [0.15, 0.2) is 58.4 Å². The Kier molecular flexibility index (Phi) is 5.80. The average molecular weight is 370 g/mol. The van der Waals surface area contributed by atoms with Crippen molar-refractivity contribution in [3.05, 3.63) is 64.5 Å². The van der Waals surface area contributed by atoms with E-state index in [0.29, 0.717) is 11.5 Å². The Bertz CT molecular complexity index is 859. The molecular weight excluding hydrogens is 352 g/mol. The Hall–Kier alpha value is -2.93. The van der Waals surface area contributed by atoms with Crippen molar-refractivity contribution in [2.24, 2.45) is 0 Å². The van der Waals surface area contributed by atoms with Gasteiger partial charge in [0.15, 0.2) is 5.76 Å². The van der Waals surface area contributed by atoms with E-state index >= 15 is 0 Å². The Balaban J connectivity index is 1.56. The number of amides is 1. The van der Waals surface area contributed by atoms with Gasteiger partial charge in [0, 0.05) is 23.4 Å². The third-order valence-electron chi connectivity index (χ3n) is 3.63. The van der Waals surface area contributed by atoms with Gasteiger partial charge in [-0.15, -0.1) is 11.3 Å². The fourth-order valence-electron chi connectivity index (χ4n) is 2.46. The summed E-state index contributed by atoms with van der Waals surface area (Å²) in [4.78, 5) is 24.4. The second kappa shape index (κ2) is 8.44. The van der Waals surface area contributed by atoms with Crippen molar-refractivity contribution in [1.29, 1.82) is 0 Å². The highest BCUT2D eigenvalue weighted by Crippen LogP contribution is 2.23. The van der Waals surface area contributed by atoms with Crippen molar-refractivity contribution in [1.82, 2.24) is 10.5 Å². The molecule has 0 unspecified atom stereocenters. The van der Waals surface area contributed by atoms with E-state index in [1.807, 2.05) is 47.8 Å². The van der Waals surface area contributed by atoms with Crippen molar-refractivity contribution >= 4 is 23.2 Å². The first kappa shape index (κ1) is 17.9. The first-order valence-electron chi connectivity index (χ1n) is 8.09. The summed E-state index contributed by atoms with van der Waals surface area (Å²) in [5.41, 5.74) is 1.44. The second-order valence-electron chi connectivity index (χ2n) is 5.68. The first-order valence-corrected chi connectivity index (χ1v) is 8.97. The van der Waals surface area contributed by atoms with E-state index in [9.17, 15) is 9.59 Å².